The third kappa shape index (κ3) is 3.04. The minimum absolute atomic E-state index is 0.0973. The monoisotopic (exact) mass is 270 g/mol. The number of thioether (sulfide) groups is 1. The predicted octanol–water partition coefficient (Wildman–Crippen LogP) is 2.68. The lowest BCUT2D eigenvalue weighted by Gasteiger charge is -2.09. The highest BCUT2D eigenvalue weighted by molar-refractivity contribution is 7.98. The summed E-state index contributed by atoms with van der Waals surface area (Å²) in [5.74, 6) is 1.79. The Morgan fingerprint density at radius 3 is 3.11 bits per heavy atom. The maximum atomic E-state index is 11.1. The van der Waals surface area contributed by atoms with Crippen molar-refractivity contribution in [1.29, 1.82) is 0 Å². The number of hydrogen-bond acceptors (Lipinski definition) is 5. The van der Waals surface area contributed by atoms with Gasteiger partial charge in [0, 0.05) is 0 Å². The SMILES string of the molecule is CCCSCc1noc(C2CCCC2C(=O)O)n1. The van der Waals surface area contributed by atoms with Crippen molar-refractivity contribution >= 4 is 17.7 Å². The Balaban J connectivity index is 1.98. The van der Waals surface area contributed by atoms with E-state index >= 15 is 0 Å². The van der Waals surface area contributed by atoms with Crippen LogP contribution in [-0.4, -0.2) is 27.0 Å². The molecular weight excluding hydrogens is 252 g/mol. The van der Waals surface area contributed by atoms with Gasteiger partial charge >= 0.3 is 5.97 Å². The van der Waals surface area contributed by atoms with Gasteiger partial charge < -0.3 is 9.63 Å². The standard InChI is InChI=1S/C12H18N2O3S/c1-2-6-18-7-10-13-11(17-14-10)8-4-3-5-9(8)12(15)16/h8-9H,2-7H2,1H3,(H,15,16). The first-order valence-electron chi connectivity index (χ1n) is 6.35. The molecule has 1 aliphatic carbocycles. The van der Waals surface area contributed by atoms with Crippen molar-refractivity contribution < 1.29 is 14.4 Å². The Morgan fingerprint density at radius 1 is 1.56 bits per heavy atom. The van der Waals surface area contributed by atoms with Crippen molar-refractivity contribution in [2.75, 3.05) is 5.75 Å². The zero-order chi connectivity index (χ0) is 13.0. The minimum Gasteiger partial charge on any atom is -0.481 e. The van der Waals surface area contributed by atoms with Gasteiger partial charge in [0.1, 0.15) is 0 Å². The van der Waals surface area contributed by atoms with Crippen LogP contribution in [0.25, 0.3) is 0 Å². The molecule has 1 fully saturated rings. The van der Waals surface area contributed by atoms with E-state index in [1.807, 2.05) is 0 Å². The van der Waals surface area contributed by atoms with Gasteiger partial charge in [-0.25, -0.2) is 0 Å². The van der Waals surface area contributed by atoms with E-state index in [-0.39, 0.29) is 11.8 Å². The summed E-state index contributed by atoms with van der Waals surface area (Å²) in [5, 5.41) is 13.1. The number of carboxylic acids is 1. The molecule has 0 aliphatic heterocycles. The van der Waals surface area contributed by atoms with Crippen LogP contribution in [0, 0.1) is 5.92 Å². The third-order valence-electron chi connectivity index (χ3n) is 3.21. The summed E-state index contributed by atoms with van der Waals surface area (Å²) >= 11 is 1.77. The van der Waals surface area contributed by atoms with E-state index in [1.165, 1.54) is 0 Å². The van der Waals surface area contributed by atoms with E-state index in [1.54, 1.807) is 11.8 Å². The number of carboxylic acid groups (broad SMARTS) is 1. The van der Waals surface area contributed by atoms with Crippen molar-refractivity contribution in [2.45, 2.75) is 44.3 Å². The van der Waals surface area contributed by atoms with E-state index in [0.717, 1.165) is 30.8 Å². The second-order valence-corrected chi connectivity index (χ2v) is 5.69. The molecule has 1 aromatic rings. The quantitative estimate of drug-likeness (QED) is 0.801. The number of carbonyl (C=O) groups is 1. The second-order valence-electron chi connectivity index (χ2n) is 4.58. The molecule has 1 aliphatic rings. The first-order chi connectivity index (χ1) is 8.72. The molecule has 1 saturated carbocycles. The lowest BCUT2D eigenvalue weighted by molar-refractivity contribution is -0.142. The van der Waals surface area contributed by atoms with Crippen molar-refractivity contribution in [3.8, 4) is 0 Å². The summed E-state index contributed by atoms with van der Waals surface area (Å²) in [4.78, 5) is 15.4. The summed E-state index contributed by atoms with van der Waals surface area (Å²) in [5.41, 5.74) is 0. The van der Waals surface area contributed by atoms with Gasteiger partial charge in [-0.3, -0.25) is 4.79 Å². The van der Waals surface area contributed by atoms with Crippen molar-refractivity contribution in [3.63, 3.8) is 0 Å². The molecule has 0 amide bonds. The largest absolute Gasteiger partial charge is 0.481 e. The molecule has 2 rings (SSSR count). The topological polar surface area (TPSA) is 76.2 Å². The molecule has 2 atom stereocenters. The molecule has 5 nitrogen and oxygen atoms in total. The molecule has 0 radical (unpaired) electrons. The normalized spacial score (nSPS) is 23.4. The highest BCUT2D eigenvalue weighted by Crippen LogP contribution is 2.39. The molecular formula is C12H18N2O3S. The highest BCUT2D eigenvalue weighted by Gasteiger charge is 2.37. The van der Waals surface area contributed by atoms with E-state index < -0.39 is 5.97 Å². The van der Waals surface area contributed by atoms with Crippen LogP contribution in [0.1, 0.15) is 50.2 Å². The molecule has 0 saturated heterocycles. The molecule has 0 bridgehead atoms. The summed E-state index contributed by atoms with van der Waals surface area (Å²) in [7, 11) is 0. The van der Waals surface area contributed by atoms with Crippen LogP contribution in [-0.2, 0) is 10.5 Å². The molecule has 0 spiro atoms. The molecule has 18 heavy (non-hydrogen) atoms. The average molecular weight is 270 g/mol. The average Bonchev–Trinajstić information content (AvgIpc) is 2.96. The maximum absolute atomic E-state index is 11.1. The third-order valence-corrected chi connectivity index (χ3v) is 4.37. The van der Waals surface area contributed by atoms with Gasteiger partial charge in [0.05, 0.1) is 17.6 Å². The summed E-state index contributed by atoms with van der Waals surface area (Å²) in [6, 6.07) is 0. The zero-order valence-electron chi connectivity index (χ0n) is 10.5. The van der Waals surface area contributed by atoms with Crippen LogP contribution in [0.5, 0.6) is 0 Å². The first-order valence-corrected chi connectivity index (χ1v) is 7.51. The van der Waals surface area contributed by atoms with Crippen molar-refractivity contribution in [1.82, 2.24) is 10.1 Å². The van der Waals surface area contributed by atoms with Crippen molar-refractivity contribution in [2.24, 2.45) is 5.92 Å². The fourth-order valence-electron chi connectivity index (χ4n) is 2.34. The number of hydrogen-bond donors (Lipinski definition) is 1. The van der Waals surface area contributed by atoms with Crippen LogP contribution in [0.2, 0.25) is 0 Å². The Morgan fingerprint density at radius 2 is 2.39 bits per heavy atom. The number of aromatic nitrogens is 2. The van der Waals surface area contributed by atoms with Gasteiger partial charge in [0.2, 0.25) is 5.89 Å². The maximum Gasteiger partial charge on any atom is 0.307 e. The van der Waals surface area contributed by atoms with Crippen LogP contribution in [0.4, 0.5) is 0 Å². The van der Waals surface area contributed by atoms with Crippen LogP contribution < -0.4 is 0 Å². The van der Waals surface area contributed by atoms with Gasteiger partial charge in [-0.15, -0.1) is 0 Å². The number of aliphatic carboxylic acids is 1. The second kappa shape index (κ2) is 6.22. The Bertz CT molecular complexity index is 408. The Labute approximate surface area is 110 Å². The summed E-state index contributed by atoms with van der Waals surface area (Å²) < 4.78 is 5.22. The first kappa shape index (κ1) is 13.4. The summed E-state index contributed by atoms with van der Waals surface area (Å²) in [6.07, 6.45) is 3.59. The van der Waals surface area contributed by atoms with E-state index in [9.17, 15) is 4.79 Å². The number of nitrogens with zero attached hydrogens (tertiary/aromatic N) is 2. The van der Waals surface area contributed by atoms with Gasteiger partial charge in [0.15, 0.2) is 5.82 Å². The van der Waals surface area contributed by atoms with Gasteiger partial charge in [0.25, 0.3) is 0 Å². The van der Waals surface area contributed by atoms with Crippen molar-refractivity contribution in [3.05, 3.63) is 11.7 Å². The van der Waals surface area contributed by atoms with E-state index in [0.29, 0.717) is 18.1 Å². The van der Waals surface area contributed by atoms with Gasteiger partial charge in [-0.1, -0.05) is 18.5 Å². The van der Waals surface area contributed by atoms with Gasteiger partial charge in [-0.2, -0.15) is 16.7 Å². The fraction of sp³-hybridized carbons (Fsp3) is 0.750. The highest BCUT2D eigenvalue weighted by atomic mass is 32.2. The molecule has 100 valence electrons. The number of rotatable bonds is 6. The fourth-order valence-corrected chi connectivity index (χ4v) is 3.07. The molecule has 0 aromatic carbocycles. The molecule has 1 aromatic heterocycles. The van der Waals surface area contributed by atoms with E-state index in [4.69, 9.17) is 9.63 Å². The molecule has 6 heteroatoms. The smallest absolute Gasteiger partial charge is 0.307 e. The molecule has 2 unspecified atom stereocenters. The van der Waals surface area contributed by atoms with Gasteiger partial charge in [-0.05, 0) is 25.0 Å². The summed E-state index contributed by atoms with van der Waals surface area (Å²) in [6.45, 7) is 2.13. The van der Waals surface area contributed by atoms with Crippen LogP contribution in [0.15, 0.2) is 4.52 Å². The van der Waals surface area contributed by atoms with Crippen LogP contribution in [0.3, 0.4) is 0 Å². The lowest BCUT2D eigenvalue weighted by atomic mass is 9.96. The van der Waals surface area contributed by atoms with E-state index in [2.05, 4.69) is 17.1 Å². The molecule has 1 N–H and O–H groups in total. The predicted molar refractivity (Wildman–Crippen MR) is 68.5 cm³/mol. The lowest BCUT2D eigenvalue weighted by Crippen LogP contribution is -2.17. The zero-order valence-corrected chi connectivity index (χ0v) is 11.3. The molecule has 1 heterocycles. The Hall–Kier alpha value is -1.04. The van der Waals surface area contributed by atoms with Crippen LogP contribution >= 0.6 is 11.8 Å². The minimum atomic E-state index is -0.752. The Kier molecular flexibility index (Phi) is 4.63.